The number of hydrogen-bond acceptors (Lipinski definition) is 2. The van der Waals surface area contributed by atoms with Gasteiger partial charge in [0, 0.05) is 20.4 Å². The molecule has 0 saturated carbocycles. The fourth-order valence-electron chi connectivity index (χ4n) is 0.519. The molecule has 0 fully saturated rings. The summed E-state index contributed by atoms with van der Waals surface area (Å²) >= 11 is 0. The van der Waals surface area contributed by atoms with E-state index >= 15 is 0 Å². The topological polar surface area (TPSA) is 38.9 Å². The monoisotopic (exact) mass is 154 g/mol. The van der Waals surface area contributed by atoms with Crippen LogP contribution in [-0.4, -0.2) is 4.98 Å². The standard InChI is InChI=1S/C6H8N2.C3H8.H2/c7-4-6-2-1-3-8-5-6;1-3-2;/h1-3,5H,4,7H2;3H2,1-2H3;1H. The molecule has 0 aliphatic rings. The average molecular weight is 154 g/mol. The molecule has 0 aliphatic carbocycles. The Morgan fingerprint density at radius 2 is 2.18 bits per heavy atom. The molecule has 1 heterocycles. The van der Waals surface area contributed by atoms with Crippen molar-refractivity contribution in [3.8, 4) is 0 Å². The molecular weight excluding hydrogens is 136 g/mol. The summed E-state index contributed by atoms with van der Waals surface area (Å²) < 4.78 is 0. The molecule has 0 aliphatic heterocycles. The first-order valence-corrected chi connectivity index (χ1v) is 3.94. The number of rotatable bonds is 1. The molecule has 0 radical (unpaired) electrons. The van der Waals surface area contributed by atoms with Crippen LogP contribution in [0.2, 0.25) is 0 Å². The lowest BCUT2D eigenvalue weighted by Crippen LogP contribution is -1.95. The molecule has 0 aromatic carbocycles. The first-order chi connectivity index (χ1) is 5.35. The van der Waals surface area contributed by atoms with Gasteiger partial charge in [0.05, 0.1) is 0 Å². The molecule has 0 spiro atoms. The van der Waals surface area contributed by atoms with Gasteiger partial charge in [0.1, 0.15) is 0 Å². The number of nitrogens with zero attached hydrogens (tertiary/aromatic N) is 1. The van der Waals surface area contributed by atoms with Crippen LogP contribution in [0.4, 0.5) is 0 Å². The maximum atomic E-state index is 5.31. The Hall–Kier alpha value is -0.890. The Bertz CT molecular complexity index is 165. The van der Waals surface area contributed by atoms with Gasteiger partial charge in [-0.15, -0.1) is 0 Å². The molecule has 0 saturated heterocycles. The Morgan fingerprint density at radius 3 is 2.45 bits per heavy atom. The molecule has 0 atom stereocenters. The molecule has 0 amide bonds. The van der Waals surface area contributed by atoms with Crippen LogP contribution < -0.4 is 5.73 Å². The highest BCUT2D eigenvalue weighted by molar-refractivity contribution is 5.06. The SMILES string of the molecule is CCC.NCc1cccnc1.[HH]. The van der Waals surface area contributed by atoms with E-state index in [2.05, 4.69) is 18.8 Å². The van der Waals surface area contributed by atoms with Gasteiger partial charge in [0.25, 0.3) is 0 Å². The first kappa shape index (κ1) is 10.1. The van der Waals surface area contributed by atoms with Crippen molar-refractivity contribution in [2.24, 2.45) is 5.73 Å². The zero-order chi connectivity index (χ0) is 8.53. The van der Waals surface area contributed by atoms with Gasteiger partial charge in [-0.3, -0.25) is 4.98 Å². The minimum atomic E-state index is 0. The Balaban J connectivity index is 0. The van der Waals surface area contributed by atoms with Crippen molar-refractivity contribution in [2.75, 3.05) is 0 Å². The molecule has 0 bridgehead atoms. The third kappa shape index (κ3) is 5.55. The van der Waals surface area contributed by atoms with Crippen LogP contribution in [0.15, 0.2) is 24.5 Å². The summed E-state index contributed by atoms with van der Waals surface area (Å²) in [4.78, 5) is 3.88. The zero-order valence-electron chi connectivity index (χ0n) is 7.25. The van der Waals surface area contributed by atoms with Crippen LogP contribution in [0.25, 0.3) is 0 Å². The lowest BCUT2D eigenvalue weighted by Gasteiger charge is -1.89. The van der Waals surface area contributed by atoms with Crippen LogP contribution in [0.1, 0.15) is 27.3 Å². The predicted molar refractivity (Wildman–Crippen MR) is 50.2 cm³/mol. The summed E-state index contributed by atoms with van der Waals surface area (Å²) in [6.07, 6.45) is 4.75. The number of aromatic nitrogens is 1. The molecule has 2 heteroatoms. The zero-order valence-corrected chi connectivity index (χ0v) is 7.25. The van der Waals surface area contributed by atoms with Crippen molar-refractivity contribution in [3.05, 3.63) is 30.1 Å². The Labute approximate surface area is 69.9 Å². The summed E-state index contributed by atoms with van der Waals surface area (Å²) in [5, 5.41) is 0. The van der Waals surface area contributed by atoms with Crippen molar-refractivity contribution in [1.29, 1.82) is 0 Å². The van der Waals surface area contributed by atoms with E-state index < -0.39 is 0 Å². The van der Waals surface area contributed by atoms with E-state index in [-0.39, 0.29) is 1.43 Å². The molecular formula is C9H18N2. The minimum Gasteiger partial charge on any atom is -0.326 e. The Kier molecular flexibility index (Phi) is 6.64. The van der Waals surface area contributed by atoms with Crippen molar-refractivity contribution in [1.82, 2.24) is 4.98 Å². The third-order valence-electron chi connectivity index (χ3n) is 0.958. The van der Waals surface area contributed by atoms with Gasteiger partial charge < -0.3 is 5.73 Å². The van der Waals surface area contributed by atoms with Crippen molar-refractivity contribution < 1.29 is 1.43 Å². The lowest BCUT2D eigenvalue weighted by molar-refractivity contribution is 1.05. The van der Waals surface area contributed by atoms with E-state index in [4.69, 9.17) is 5.73 Å². The summed E-state index contributed by atoms with van der Waals surface area (Å²) in [5.41, 5.74) is 6.39. The third-order valence-corrected chi connectivity index (χ3v) is 0.958. The van der Waals surface area contributed by atoms with Gasteiger partial charge >= 0.3 is 0 Å². The van der Waals surface area contributed by atoms with Gasteiger partial charge in [0.15, 0.2) is 0 Å². The van der Waals surface area contributed by atoms with Gasteiger partial charge in [-0.1, -0.05) is 26.3 Å². The second kappa shape index (κ2) is 7.22. The van der Waals surface area contributed by atoms with Gasteiger partial charge in [-0.25, -0.2) is 0 Å². The molecule has 1 aromatic heterocycles. The molecule has 2 N–H and O–H groups in total. The number of nitrogens with two attached hydrogens (primary N) is 1. The predicted octanol–water partition coefficient (Wildman–Crippen LogP) is 2.20. The first-order valence-electron chi connectivity index (χ1n) is 3.94. The summed E-state index contributed by atoms with van der Waals surface area (Å²) in [6, 6.07) is 3.83. The van der Waals surface area contributed by atoms with Crippen LogP contribution in [0, 0.1) is 0 Å². The van der Waals surface area contributed by atoms with E-state index in [0.717, 1.165) is 5.56 Å². The van der Waals surface area contributed by atoms with Gasteiger partial charge in [-0.05, 0) is 11.6 Å². The quantitative estimate of drug-likeness (QED) is 0.673. The van der Waals surface area contributed by atoms with Crippen LogP contribution >= 0.6 is 0 Å². The lowest BCUT2D eigenvalue weighted by atomic mass is 10.3. The fraction of sp³-hybridized carbons (Fsp3) is 0.444. The summed E-state index contributed by atoms with van der Waals surface area (Å²) in [7, 11) is 0. The average Bonchev–Trinajstić information content (AvgIpc) is 2.08. The summed E-state index contributed by atoms with van der Waals surface area (Å²) in [5.74, 6) is 0. The minimum absolute atomic E-state index is 0. The maximum Gasteiger partial charge on any atom is 0.0312 e. The second-order valence-electron chi connectivity index (χ2n) is 2.27. The largest absolute Gasteiger partial charge is 0.326 e. The van der Waals surface area contributed by atoms with Gasteiger partial charge in [0.2, 0.25) is 0 Å². The van der Waals surface area contributed by atoms with Gasteiger partial charge in [-0.2, -0.15) is 0 Å². The highest BCUT2D eigenvalue weighted by Crippen LogP contribution is 1.90. The van der Waals surface area contributed by atoms with Crippen molar-refractivity contribution in [3.63, 3.8) is 0 Å². The molecule has 1 aromatic rings. The van der Waals surface area contributed by atoms with Crippen molar-refractivity contribution >= 4 is 0 Å². The van der Waals surface area contributed by atoms with Crippen LogP contribution in [0.3, 0.4) is 0 Å². The number of pyridine rings is 1. The molecule has 11 heavy (non-hydrogen) atoms. The Morgan fingerprint density at radius 1 is 1.55 bits per heavy atom. The van der Waals surface area contributed by atoms with E-state index in [1.165, 1.54) is 6.42 Å². The molecule has 2 nitrogen and oxygen atoms in total. The molecule has 64 valence electrons. The molecule has 0 unspecified atom stereocenters. The highest BCUT2D eigenvalue weighted by atomic mass is 14.6. The highest BCUT2D eigenvalue weighted by Gasteiger charge is 1.81. The van der Waals surface area contributed by atoms with E-state index in [0.29, 0.717) is 6.54 Å². The van der Waals surface area contributed by atoms with Crippen LogP contribution in [0.5, 0.6) is 0 Å². The van der Waals surface area contributed by atoms with E-state index in [9.17, 15) is 0 Å². The van der Waals surface area contributed by atoms with Crippen LogP contribution in [-0.2, 0) is 6.54 Å². The maximum absolute atomic E-state index is 5.31. The van der Waals surface area contributed by atoms with E-state index in [1.807, 2.05) is 12.1 Å². The number of hydrogen-bond donors (Lipinski definition) is 1. The molecule has 1 rings (SSSR count). The van der Waals surface area contributed by atoms with Crippen molar-refractivity contribution in [2.45, 2.75) is 26.8 Å². The fourth-order valence-corrected chi connectivity index (χ4v) is 0.519. The van der Waals surface area contributed by atoms with E-state index in [1.54, 1.807) is 12.4 Å². The normalized spacial score (nSPS) is 8.27. The summed E-state index contributed by atoms with van der Waals surface area (Å²) in [6.45, 7) is 4.83. The second-order valence-corrected chi connectivity index (χ2v) is 2.27. The smallest absolute Gasteiger partial charge is 0.0312 e.